The molecule has 0 amide bonds. The average Bonchev–Trinajstić information content (AvgIpc) is 2.55. The zero-order valence-electron chi connectivity index (χ0n) is 9.46. The minimum Gasteiger partial charge on any atom is -0.353 e. The predicted molar refractivity (Wildman–Crippen MR) is 60.0 cm³/mol. The average molecular weight is 205 g/mol. The number of hydrogen-bond acceptors (Lipinski definition) is 2. The van der Waals surface area contributed by atoms with Crippen molar-refractivity contribution >= 4 is 10.9 Å². The molecule has 0 bridgehead atoms. The van der Waals surface area contributed by atoms with Gasteiger partial charge in [-0.2, -0.15) is 5.10 Å². The molecule has 2 aromatic rings. The molecule has 0 aliphatic heterocycles. The molecular formula is C11H15N3O. The van der Waals surface area contributed by atoms with Gasteiger partial charge < -0.3 is 4.98 Å². The van der Waals surface area contributed by atoms with Crippen molar-refractivity contribution in [3.63, 3.8) is 0 Å². The highest BCUT2D eigenvalue weighted by molar-refractivity contribution is 5.78. The van der Waals surface area contributed by atoms with Crippen LogP contribution in [0.15, 0.2) is 17.1 Å². The molecule has 15 heavy (non-hydrogen) atoms. The fourth-order valence-electron chi connectivity index (χ4n) is 1.52. The first-order valence-electron chi connectivity index (χ1n) is 4.95. The minimum absolute atomic E-state index is 0.0179. The van der Waals surface area contributed by atoms with Crippen LogP contribution in [0.2, 0.25) is 0 Å². The number of fused-ring (bicyclic) bond motifs is 1. The molecule has 0 spiro atoms. The van der Waals surface area contributed by atoms with Gasteiger partial charge in [0.25, 0.3) is 5.56 Å². The van der Waals surface area contributed by atoms with E-state index in [0.29, 0.717) is 5.52 Å². The van der Waals surface area contributed by atoms with Gasteiger partial charge in [0.05, 0.1) is 6.20 Å². The largest absolute Gasteiger partial charge is 0.353 e. The van der Waals surface area contributed by atoms with Gasteiger partial charge in [-0.25, -0.2) is 4.68 Å². The summed E-state index contributed by atoms with van der Waals surface area (Å²) in [6, 6.07) is 1.99. The Bertz CT molecular complexity index is 557. The molecule has 0 aliphatic rings. The monoisotopic (exact) mass is 205 g/mol. The van der Waals surface area contributed by atoms with Crippen LogP contribution in [0.4, 0.5) is 0 Å². The second kappa shape index (κ2) is 2.95. The molecule has 80 valence electrons. The first kappa shape index (κ1) is 9.96. The van der Waals surface area contributed by atoms with Crippen LogP contribution in [0, 0.1) is 0 Å². The van der Waals surface area contributed by atoms with E-state index >= 15 is 0 Å². The lowest BCUT2D eigenvalue weighted by Gasteiger charge is -2.15. The van der Waals surface area contributed by atoms with Crippen LogP contribution in [0.25, 0.3) is 10.9 Å². The van der Waals surface area contributed by atoms with Gasteiger partial charge in [-0.05, 0) is 6.07 Å². The van der Waals surface area contributed by atoms with E-state index in [1.807, 2.05) is 6.07 Å². The topological polar surface area (TPSA) is 50.7 Å². The van der Waals surface area contributed by atoms with Crippen molar-refractivity contribution in [3.8, 4) is 0 Å². The van der Waals surface area contributed by atoms with Gasteiger partial charge in [-0.3, -0.25) is 4.79 Å². The number of H-pyrrole nitrogens is 1. The third-order valence-electron chi connectivity index (χ3n) is 2.53. The van der Waals surface area contributed by atoms with Gasteiger partial charge in [-0.15, -0.1) is 0 Å². The van der Waals surface area contributed by atoms with E-state index in [2.05, 4.69) is 30.9 Å². The fraction of sp³-hybridized carbons (Fsp3) is 0.455. The normalized spacial score (nSPS) is 12.3. The van der Waals surface area contributed by atoms with Crippen LogP contribution in [0.3, 0.4) is 0 Å². The van der Waals surface area contributed by atoms with E-state index in [1.54, 1.807) is 13.2 Å². The quantitative estimate of drug-likeness (QED) is 0.709. The lowest BCUT2D eigenvalue weighted by molar-refractivity contribution is 0.574. The summed E-state index contributed by atoms with van der Waals surface area (Å²) in [4.78, 5) is 14.9. The summed E-state index contributed by atoms with van der Waals surface area (Å²) in [5.41, 5.74) is 1.63. The molecule has 0 saturated heterocycles. The van der Waals surface area contributed by atoms with Crippen molar-refractivity contribution in [1.82, 2.24) is 14.8 Å². The Morgan fingerprint density at radius 1 is 1.40 bits per heavy atom. The summed E-state index contributed by atoms with van der Waals surface area (Å²) in [7, 11) is 1.65. The Morgan fingerprint density at radius 2 is 2.07 bits per heavy atom. The number of rotatable bonds is 0. The van der Waals surface area contributed by atoms with Crippen molar-refractivity contribution in [2.75, 3.05) is 0 Å². The van der Waals surface area contributed by atoms with Gasteiger partial charge in [0.15, 0.2) is 0 Å². The van der Waals surface area contributed by atoms with Crippen LogP contribution in [-0.2, 0) is 12.5 Å². The molecule has 2 rings (SSSR count). The maximum atomic E-state index is 11.7. The van der Waals surface area contributed by atoms with Gasteiger partial charge in [0, 0.05) is 23.5 Å². The van der Waals surface area contributed by atoms with Crippen LogP contribution in [0.5, 0.6) is 0 Å². The van der Waals surface area contributed by atoms with Crippen molar-refractivity contribution in [2.24, 2.45) is 7.05 Å². The first-order chi connectivity index (χ1) is 6.89. The standard InChI is InChI=1S/C11H15N3O/c1-11(2,3)8-5-7-6-12-14(4)10(15)9(7)13-8/h5-6,13H,1-4H3. The van der Waals surface area contributed by atoms with Crippen LogP contribution in [0.1, 0.15) is 26.5 Å². The lowest BCUT2D eigenvalue weighted by atomic mass is 9.92. The highest BCUT2D eigenvalue weighted by Crippen LogP contribution is 2.23. The van der Waals surface area contributed by atoms with E-state index < -0.39 is 0 Å². The third kappa shape index (κ3) is 1.56. The summed E-state index contributed by atoms with van der Waals surface area (Å²) in [5.74, 6) is 0. The molecule has 0 radical (unpaired) electrons. The zero-order valence-corrected chi connectivity index (χ0v) is 9.46. The third-order valence-corrected chi connectivity index (χ3v) is 2.53. The van der Waals surface area contributed by atoms with Gasteiger partial charge in [-0.1, -0.05) is 20.8 Å². The molecular weight excluding hydrogens is 190 g/mol. The number of nitrogens with one attached hydrogen (secondary N) is 1. The lowest BCUT2D eigenvalue weighted by Crippen LogP contribution is -2.19. The predicted octanol–water partition coefficient (Wildman–Crippen LogP) is 1.56. The maximum absolute atomic E-state index is 11.7. The summed E-state index contributed by atoms with van der Waals surface area (Å²) in [6.07, 6.45) is 1.71. The van der Waals surface area contributed by atoms with Crippen molar-refractivity contribution < 1.29 is 0 Å². The first-order valence-corrected chi connectivity index (χ1v) is 4.95. The zero-order chi connectivity index (χ0) is 11.2. The SMILES string of the molecule is Cn1ncc2cc(C(C)(C)C)[nH]c2c1=O. The molecule has 0 saturated carbocycles. The highest BCUT2D eigenvalue weighted by atomic mass is 16.1. The number of aromatic amines is 1. The Kier molecular flexibility index (Phi) is 1.96. The molecule has 1 N–H and O–H groups in total. The van der Waals surface area contributed by atoms with Crippen LogP contribution >= 0.6 is 0 Å². The fourth-order valence-corrected chi connectivity index (χ4v) is 1.52. The van der Waals surface area contributed by atoms with E-state index in [9.17, 15) is 4.79 Å². The van der Waals surface area contributed by atoms with Gasteiger partial charge >= 0.3 is 0 Å². The van der Waals surface area contributed by atoms with Crippen LogP contribution < -0.4 is 5.56 Å². The Morgan fingerprint density at radius 3 is 2.67 bits per heavy atom. The van der Waals surface area contributed by atoms with Crippen molar-refractivity contribution in [2.45, 2.75) is 26.2 Å². The second-order valence-electron chi connectivity index (χ2n) is 4.84. The van der Waals surface area contributed by atoms with E-state index in [0.717, 1.165) is 11.1 Å². The Labute approximate surface area is 87.9 Å². The molecule has 2 aromatic heterocycles. The smallest absolute Gasteiger partial charge is 0.290 e. The molecule has 0 aromatic carbocycles. The molecule has 0 fully saturated rings. The number of aromatic nitrogens is 3. The summed E-state index contributed by atoms with van der Waals surface area (Å²) in [6.45, 7) is 6.32. The Balaban J connectivity index is 2.78. The molecule has 0 unspecified atom stereocenters. The van der Waals surface area contributed by atoms with Gasteiger partial charge in [0.1, 0.15) is 5.52 Å². The van der Waals surface area contributed by atoms with Crippen molar-refractivity contribution in [1.29, 1.82) is 0 Å². The van der Waals surface area contributed by atoms with Crippen LogP contribution in [-0.4, -0.2) is 14.8 Å². The molecule has 4 nitrogen and oxygen atoms in total. The molecule has 0 aliphatic carbocycles. The number of aryl methyl sites for hydroxylation is 1. The van der Waals surface area contributed by atoms with Crippen molar-refractivity contribution in [3.05, 3.63) is 28.3 Å². The van der Waals surface area contributed by atoms with E-state index in [1.165, 1.54) is 4.68 Å². The molecule has 4 heteroatoms. The Hall–Kier alpha value is -1.58. The minimum atomic E-state index is -0.0806. The summed E-state index contributed by atoms with van der Waals surface area (Å²) in [5, 5.41) is 4.86. The summed E-state index contributed by atoms with van der Waals surface area (Å²) < 4.78 is 1.34. The summed E-state index contributed by atoms with van der Waals surface area (Å²) >= 11 is 0. The highest BCUT2D eigenvalue weighted by Gasteiger charge is 2.17. The maximum Gasteiger partial charge on any atom is 0.290 e. The molecule has 2 heterocycles. The van der Waals surface area contributed by atoms with Gasteiger partial charge in [0.2, 0.25) is 0 Å². The molecule has 0 atom stereocenters. The number of nitrogens with zero attached hydrogens (tertiary/aromatic N) is 2. The van der Waals surface area contributed by atoms with E-state index in [4.69, 9.17) is 0 Å². The number of hydrogen-bond donors (Lipinski definition) is 1. The second-order valence-corrected chi connectivity index (χ2v) is 4.84. The van der Waals surface area contributed by atoms with E-state index in [-0.39, 0.29) is 11.0 Å².